The lowest BCUT2D eigenvalue weighted by Crippen LogP contribution is -2.30. The van der Waals surface area contributed by atoms with Crippen LogP contribution in [0.4, 0.5) is 0 Å². The molecule has 3 aromatic rings. The lowest BCUT2D eigenvalue weighted by atomic mass is 9.93. The molecule has 2 aliphatic heterocycles. The molecule has 5 rings (SSSR count). The Morgan fingerprint density at radius 2 is 1.81 bits per heavy atom. The molecule has 7 heteroatoms. The van der Waals surface area contributed by atoms with E-state index in [2.05, 4.69) is 15.6 Å². The first kappa shape index (κ1) is 15.5. The third-order valence-electron chi connectivity index (χ3n) is 5.10. The Morgan fingerprint density at radius 1 is 1.04 bits per heavy atom. The molecule has 134 valence electrons. The number of H-pyrrole nitrogens is 1. The fraction of sp³-hybridized carbons (Fsp3) is 0.100. The van der Waals surface area contributed by atoms with E-state index in [4.69, 9.17) is 4.74 Å². The fourth-order valence-electron chi connectivity index (χ4n) is 3.91. The van der Waals surface area contributed by atoms with Crippen LogP contribution in [0.25, 0.3) is 16.5 Å². The predicted octanol–water partition coefficient (Wildman–Crippen LogP) is 1.94. The summed E-state index contributed by atoms with van der Waals surface area (Å²) in [5.74, 6) is -0.597. The van der Waals surface area contributed by atoms with Gasteiger partial charge in [-0.15, -0.1) is 0 Å². The van der Waals surface area contributed by atoms with E-state index in [1.165, 1.54) is 7.11 Å². The summed E-state index contributed by atoms with van der Waals surface area (Å²) in [7, 11) is 1.48. The number of benzene rings is 2. The molecule has 2 aromatic carbocycles. The van der Waals surface area contributed by atoms with Gasteiger partial charge < -0.3 is 20.1 Å². The monoisotopic (exact) mass is 361 g/mol. The molecule has 0 aliphatic carbocycles. The number of fused-ring (bicyclic) bond motifs is 1. The fourth-order valence-corrected chi connectivity index (χ4v) is 3.91. The predicted molar refractivity (Wildman–Crippen MR) is 98.0 cm³/mol. The van der Waals surface area contributed by atoms with Crippen LogP contribution in [0.2, 0.25) is 0 Å². The molecule has 1 atom stereocenters. The largest absolute Gasteiger partial charge is 0.504 e. The summed E-state index contributed by atoms with van der Waals surface area (Å²) in [6.45, 7) is 0. The van der Waals surface area contributed by atoms with Crippen LogP contribution in [0.1, 0.15) is 22.7 Å². The number of carbonyl (C=O) groups is 2. The van der Waals surface area contributed by atoms with Crippen LogP contribution in [-0.2, 0) is 9.59 Å². The second-order valence-electron chi connectivity index (χ2n) is 6.48. The van der Waals surface area contributed by atoms with Crippen molar-refractivity contribution in [2.45, 2.75) is 6.04 Å². The van der Waals surface area contributed by atoms with Crippen LogP contribution >= 0.6 is 0 Å². The average molecular weight is 361 g/mol. The van der Waals surface area contributed by atoms with Crippen molar-refractivity contribution in [3.63, 3.8) is 0 Å². The van der Waals surface area contributed by atoms with Gasteiger partial charge in [0.15, 0.2) is 11.5 Å². The molecule has 27 heavy (non-hydrogen) atoms. The van der Waals surface area contributed by atoms with E-state index >= 15 is 0 Å². The van der Waals surface area contributed by atoms with Gasteiger partial charge in [-0.3, -0.25) is 14.9 Å². The summed E-state index contributed by atoms with van der Waals surface area (Å²) in [4.78, 5) is 28.0. The number of amides is 2. The molecular weight excluding hydrogens is 346 g/mol. The van der Waals surface area contributed by atoms with Crippen molar-refractivity contribution in [1.29, 1.82) is 0 Å². The van der Waals surface area contributed by atoms with Gasteiger partial charge in [0, 0.05) is 28.2 Å². The molecule has 3 heterocycles. The first-order valence-electron chi connectivity index (χ1n) is 8.43. The maximum Gasteiger partial charge on any atom is 0.275 e. The normalized spacial score (nSPS) is 18.2. The smallest absolute Gasteiger partial charge is 0.275 e. The highest BCUT2D eigenvalue weighted by Crippen LogP contribution is 2.43. The molecule has 4 N–H and O–H groups in total. The zero-order chi connectivity index (χ0) is 18.7. The van der Waals surface area contributed by atoms with Gasteiger partial charge >= 0.3 is 0 Å². The Hall–Kier alpha value is -3.74. The summed E-state index contributed by atoms with van der Waals surface area (Å²) in [5, 5.41) is 17.0. The van der Waals surface area contributed by atoms with E-state index < -0.39 is 17.9 Å². The number of ether oxygens (including phenoxy) is 1. The Kier molecular flexibility index (Phi) is 3.09. The summed E-state index contributed by atoms with van der Waals surface area (Å²) < 4.78 is 5.23. The van der Waals surface area contributed by atoms with Gasteiger partial charge in [-0.1, -0.05) is 24.3 Å². The second kappa shape index (κ2) is 5.38. The molecule has 2 amide bonds. The molecule has 0 radical (unpaired) electrons. The van der Waals surface area contributed by atoms with Crippen LogP contribution in [0.3, 0.4) is 0 Å². The number of phenolic OH excluding ortho intramolecular Hbond substituents is 1. The number of hydrogen-bond acceptors (Lipinski definition) is 5. The summed E-state index contributed by atoms with van der Waals surface area (Å²) in [5.41, 5.74) is 3.42. The number of aromatic amines is 1. The van der Waals surface area contributed by atoms with E-state index in [0.717, 1.165) is 16.5 Å². The van der Waals surface area contributed by atoms with Gasteiger partial charge in [-0.25, -0.2) is 0 Å². The Morgan fingerprint density at radius 3 is 2.63 bits per heavy atom. The van der Waals surface area contributed by atoms with Crippen LogP contribution in [0, 0.1) is 0 Å². The highest BCUT2D eigenvalue weighted by atomic mass is 16.5. The van der Waals surface area contributed by atoms with Gasteiger partial charge in [-0.2, -0.15) is 0 Å². The first-order valence-corrected chi connectivity index (χ1v) is 8.43. The second-order valence-corrected chi connectivity index (χ2v) is 6.48. The third-order valence-corrected chi connectivity index (χ3v) is 5.10. The third kappa shape index (κ3) is 2.02. The van der Waals surface area contributed by atoms with Gasteiger partial charge in [0.05, 0.1) is 18.7 Å². The van der Waals surface area contributed by atoms with Gasteiger partial charge in [0.2, 0.25) is 0 Å². The van der Waals surface area contributed by atoms with Crippen LogP contribution < -0.4 is 15.4 Å². The molecule has 1 aromatic heterocycles. The highest BCUT2D eigenvalue weighted by molar-refractivity contribution is 6.37. The zero-order valence-corrected chi connectivity index (χ0v) is 14.3. The number of aromatic hydroxyl groups is 1. The quantitative estimate of drug-likeness (QED) is 0.523. The minimum absolute atomic E-state index is 0.0135. The first-order chi connectivity index (χ1) is 13.1. The lowest BCUT2D eigenvalue weighted by Gasteiger charge is -2.22. The SMILES string of the molecule is COc1cccc(C2NC3=C(C(=O)NC3=O)c3c[nH]c4cccc2c34)c1O. The number of nitrogens with one attached hydrogen (secondary N) is 3. The summed E-state index contributed by atoms with van der Waals surface area (Å²) in [6, 6.07) is 10.4. The van der Waals surface area contributed by atoms with Crippen LogP contribution in [0.15, 0.2) is 48.3 Å². The molecule has 0 spiro atoms. The van der Waals surface area contributed by atoms with Crippen molar-refractivity contribution in [2.24, 2.45) is 0 Å². The van der Waals surface area contributed by atoms with Crippen molar-refractivity contribution in [3.05, 3.63) is 65.0 Å². The van der Waals surface area contributed by atoms with Gasteiger partial charge in [0.1, 0.15) is 5.70 Å². The van der Waals surface area contributed by atoms with Gasteiger partial charge in [0.25, 0.3) is 11.8 Å². The lowest BCUT2D eigenvalue weighted by molar-refractivity contribution is -0.123. The van der Waals surface area contributed by atoms with Crippen molar-refractivity contribution in [3.8, 4) is 11.5 Å². The van der Waals surface area contributed by atoms with E-state index in [1.54, 1.807) is 24.4 Å². The van der Waals surface area contributed by atoms with Crippen molar-refractivity contribution in [2.75, 3.05) is 7.11 Å². The summed E-state index contributed by atoms with van der Waals surface area (Å²) in [6.07, 6.45) is 1.73. The maximum atomic E-state index is 12.4. The van der Waals surface area contributed by atoms with E-state index in [9.17, 15) is 14.7 Å². The molecule has 1 unspecified atom stereocenters. The number of phenols is 1. The topological polar surface area (TPSA) is 103 Å². The number of methoxy groups -OCH3 is 1. The number of imide groups is 1. The standard InChI is InChI=1S/C20H15N3O4/c1-27-13-7-3-5-10(18(13)24)16-9-4-2-6-12-14(9)11(8-21-12)15-17(22-16)20(26)23-19(15)25/h2-8,16,21-22,24H,1H3,(H,23,25,26). The molecule has 2 aliphatic rings. The molecule has 0 saturated heterocycles. The van der Waals surface area contributed by atoms with Crippen LogP contribution in [0.5, 0.6) is 11.5 Å². The van der Waals surface area contributed by atoms with Gasteiger partial charge in [-0.05, 0) is 17.7 Å². The average Bonchev–Trinajstić information content (AvgIpc) is 3.15. The van der Waals surface area contributed by atoms with Crippen LogP contribution in [-0.4, -0.2) is 29.0 Å². The zero-order valence-electron chi connectivity index (χ0n) is 14.3. The maximum absolute atomic E-state index is 12.4. The highest BCUT2D eigenvalue weighted by Gasteiger charge is 2.38. The molecule has 7 nitrogen and oxygen atoms in total. The Balaban J connectivity index is 1.84. The number of para-hydroxylation sites is 1. The van der Waals surface area contributed by atoms with E-state index in [1.807, 2.05) is 18.2 Å². The molecule has 0 fully saturated rings. The molecule has 0 saturated carbocycles. The number of aromatic nitrogens is 1. The van der Waals surface area contributed by atoms with Crippen molar-refractivity contribution >= 4 is 28.3 Å². The molecule has 0 bridgehead atoms. The summed E-state index contributed by atoms with van der Waals surface area (Å²) >= 11 is 0. The number of carbonyl (C=O) groups excluding carboxylic acids is 2. The Bertz CT molecular complexity index is 1180. The van der Waals surface area contributed by atoms with Crippen molar-refractivity contribution in [1.82, 2.24) is 15.6 Å². The number of rotatable bonds is 2. The number of hydrogen-bond donors (Lipinski definition) is 4. The minimum atomic E-state index is -0.539. The van der Waals surface area contributed by atoms with Crippen molar-refractivity contribution < 1.29 is 19.4 Å². The minimum Gasteiger partial charge on any atom is -0.504 e. The Labute approximate surface area is 153 Å². The molecular formula is C20H15N3O4. The van der Waals surface area contributed by atoms with E-state index in [-0.39, 0.29) is 11.4 Å². The van der Waals surface area contributed by atoms with E-state index in [0.29, 0.717) is 22.4 Å².